The average Bonchev–Trinajstić information content (AvgIpc) is 2.46. The number of hydrogen-bond donors (Lipinski definition) is 1. The molecule has 0 aliphatic rings. The van der Waals surface area contributed by atoms with E-state index in [0.29, 0.717) is 5.57 Å². The summed E-state index contributed by atoms with van der Waals surface area (Å²) < 4.78 is 0. The molecule has 2 nitrogen and oxygen atoms in total. The molecule has 2 heteroatoms. The van der Waals surface area contributed by atoms with Crippen LogP contribution in [0.15, 0.2) is 66.7 Å². The Morgan fingerprint density at radius 1 is 1.00 bits per heavy atom. The number of benzene rings is 2. The lowest BCUT2D eigenvalue weighted by molar-refractivity contribution is -0.111. The van der Waals surface area contributed by atoms with Gasteiger partial charge in [-0.25, -0.2) is 0 Å². The van der Waals surface area contributed by atoms with Gasteiger partial charge in [0.25, 0.3) is 5.91 Å². The minimum absolute atomic E-state index is 0.0701. The van der Waals surface area contributed by atoms with Gasteiger partial charge in [0.1, 0.15) is 0 Å². The molecule has 0 spiro atoms. The van der Waals surface area contributed by atoms with Crippen LogP contribution in [-0.4, -0.2) is 5.91 Å². The second-order valence-corrected chi connectivity index (χ2v) is 4.21. The van der Waals surface area contributed by atoms with E-state index in [1.807, 2.05) is 73.7 Å². The fourth-order valence-corrected chi connectivity index (χ4v) is 1.88. The maximum absolute atomic E-state index is 12.3. The molecule has 2 rings (SSSR count). The van der Waals surface area contributed by atoms with E-state index in [1.165, 1.54) is 0 Å². The van der Waals surface area contributed by atoms with Crippen molar-refractivity contribution in [1.82, 2.24) is 0 Å². The molecule has 0 unspecified atom stereocenters. The molecule has 0 heterocycles. The molecule has 0 aliphatic carbocycles. The molecule has 0 fully saturated rings. The highest BCUT2D eigenvalue weighted by atomic mass is 16.1. The largest absolute Gasteiger partial charge is 0.322 e. The normalized spacial score (nSPS) is 11.1. The van der Waals surface area contributed by atoms with E-state index < -0.39 is 0 Å². The third-order valence-corrected chi connectivity index (χ3v) is 2.77. The Morgan fingerprint density at radius 2 is 1.58 bits per heavy atom. The molecule has 0 aliphatic heterocycles. The van der Waals surface area contributed by atoms with Crippen molar-refractivity contribution >= 4 is 17.2 Å². The number of nitrogens with one attached hydrogen (secondary N) is 1. The predicted octanol–water partition coefficient (Wildman–Crippen LogP) is 4.12. The maximum Gasteiger partial charge on any atom is 0.255 e. The third kappa shape index (κ3) is 3.55. The van der Waals surface area contributed by atoms with Crippen LogP contribution >= 0.6 is 0 Å². The molecule has 2 aromatic carbocycles. The summed E-state index contributed by atoms with van der Waals surface area (Å²) in [5.74, 6) is -0.0701. The number of hydrogen-bond acceptors (Lipinski definition) is 1. The van der Waals surface area contributed by atoms with Crippen molar-refractivity contribution in [2.24, 2.45) is 0 Å². The Bertz CT molecular complexity index is 558. The Hall–Kier alpha value is -2.35. The predicted molar refractivity (Wildman–Crippen MR) is 79.8 cm³/mol. The van der Waals surface area contributed by atoms with Crippen molar-refractivity contribution < 1.29 is 4.79 Å². The number of allylic oxidation sites excluding steroid dienone is 1. The Kier molecular flexibility index (Phi) is 4.51. The fraction of sp³-hybridized carbons (Fsp3) is 0.118. The molecule has 19 heavy (non-hydrogen) atoms. The minimum Gasteiger partial charge on any atom is -0.322 e. The van der Waals surface area contributed by atoms with E-state index in [9.17, 15) is 4.79 Å². The molecule has 0 radical (unpaired) electrons. The van der Waals surface area contributed by atoms with Crippen LogP contribution in [-0.2, 0) is 4.79 Å². The third-order valence-electron chi connectivity index (χ3n) is 2.77. The maximum atomic E-state index is 12.3. The van der Waals surface area contributed by atoms with Crippen molar-refractivity contribution in [3.63, 3.8) is 0 Å². The highest BCUT2D eigenvalue weighted by molar-refractivity contribution is 6.25. The zero-order valence-electron chi connectivity index (χ0n) is 11.0. The van der Waals surface area contributed by atoms with E-state index in [1.54, 1.807) is 0 Å². The highest BCUT2D eigenvalue weighted by Gasteiger charge is 2.11. The van der Waals surface area contributed by atoms with Crippen molar-refractivity contribution in [3.05, 3.63) is 72.3 Å². The minimum atomic E-state index is -0.0701. The van der Waals surface area contributed by atoms with Gasteiger partial charge in [-0.05, 0) is 24.1 Å². The van der Waals surface area contributed by atoms with Gasteiger partial charge < -0.3 is 5.32 Å². The van der Waals surface area contributed by atoms with Gasteiger partial charge in [0, 0.05) is 11.3 Å². The average molecular weight is 251 g/mol. The number of amides is 1. The van der Waals surface area contributed by atoms with Crippen molar-refractivity contribution in [1.29, 1.82) is 0 Å². The van der Waals surface area contributed by atoms with Crippen LogP contribution in [0.4, 0.5) is 5.69 Å². The molecular formula is C17H17NO. The standard InChI is InChI=1S/C17H17NO/c1-2-9-16(14-10-5-3-6-11-14)17(19)18-15-12-7-4-8-13-15/h3-13H,2H2,1H3,(H,18,19)/b16-9+. The van der Waals surface area contributed by atoms with Crippen LogP contribution < -0.4 is 5.32 Å². The fourth-order valence-electron chi connectivity index (χ4n) is 1.88. The second kappa shape index (κ2) is 6.55. The van der Waals surface area contributed by atoms with Crippen LogP contribution in [0.25, 0.3) is 5.57 Å². The summed E-state index contributed by atoms with van der Waals surface area (Å²) in [6.07, 6.45) is 2.78. The van der Waals surface area contributed by atoms with E-state index in [-0.39, 0.29) is 5.91 Å². The van der Waals surface area contributed by atoms with Gasteiger partial charge in [-0.15, -0.1) is 0 Å². The smallest absolute Gasteiger partial charge is 0.255 e. The first kappa shape index (κ1) is 13.1. The molecule has 0 saturated heterocycles. The van der Waals surface area contributed by atoms with Crippen LogP contribution in [0.1, 0.15) is 18.9 Å². The van der Waals surface area contributed by atoms with Crippen molar-refractivity contribution in [3.8, 4) is 0 Å². The number of rotatable bonds is 4. The molecule has 2 aromatic rings. The monoisotopic (exact) mass is 251 g/mol. The van der Waals surface area contributed by atoms with Gasteiger partial charge in [0.15, 0.2) is 0 Å². The van der Waals surface area contributed by atoms with Gasteiger partial charge in [-0.3, -0.25) is 4.79 Å². The molecule has 1 amide bonds. The zero-order valence-corrected chi connectivity index (χ0v) is 11.0. The first-order valence-corrected chi connectivity index (χ1v) is 6.43. The van der Waals surface area contributed by atoms with Gasteiger partial charge >= 0.3 is 0 Å². The van der Waals surface area contributed by atoms with E-state index in [4.69, 9.17) is 0 Å². The zero-order chi connectivity index (χ0) is 13.5. The second-order valence-electron chi connectivity index (χ2n) is 4.21. The number of carbonyl (C=O) groups excluding carboxylic acids is 1. The molecule has 1 N–H and O–H groups in total. The van der Waals surface area contributed by atoms with Crippen LogP contribution in [0.5, 0.6) is 0 Å². The van der Waals surface area contributed by atoms with Crippen LogP contribution in [0.2, 0.25) is 0 Å². The summed E-state index contributed by atoms with van der Waals surface area (Å²) in [4.78, 5) is 12.3. The van der Waals surface area contributed by atoms with Gasteiger partial charge in [-0.1, -0.05) is 61.5 Å². The SMILES string of the molecule is CC/C=C(/C(=O)Nc1ccccc1)c1ccccc1. The summed E-state index contributed by atoms with van der Waals surface area (Å²) in [7, 11) is 0. The van der Waals surface area contributed by atoms with Crippen LogP contribution in [0, 0.1) is 0 Å². The van der Waals surface area contributed by atoms with Gasteiger partial charge in [0.2, 0.25) is 0 Å². The molecule has 0 aromatic heterocycles. The quantitative estimate of drug-likeness (QED) is 0.814. The van der Waals surface area contributed by atoms with Crippen molar-refractivity contribution in [2.75, 3.05) is 5.32 Å². The lowest BCUT2D eigenvalue weighted by Crippen LogP contribution is -2.13. The van der Waals surface area contributed by atoms with Gasteiger partial charge in [0.05, 0.1) is 0 Å². The van der Waals surface area contributed by atoms with Crippen LogP contribution in [0.3, 0.4) is 0 Å². The number of carbonyl (C=O) groups is 1. The number of para-hydroxylation sites is 1. The topological polar surface area (TPSA) is 29.1 Å². The molecule has 0 bridgehead atoms. The van der Waals surface area contributed by atoms with Crippen molar-refractivity contribution in [2.45, 2.75) is 13.3 Å². The summed E-state index contributed by atoms with van der Waals surface area (Å²) in [6.45, 7) is 2.03. The molecule has 0 atom stereocenters. The number of anilines is 1. The Morgan fingerprint density at radius 3 is 2.16 bits per heavy atom. The lowest BCUT2D eigenvalue weighted by atomic mass is 10.0. The summed E-state index contributed by atoms with van der Waals surface area (Å²) in [5, 5.41) is 2.92. The summed E-state index contributed by atoms with van der Waals surface area (Å²) in [6, 6.07) is 19.2. The van der Waals surface area contributed by atoms with E-state index >= 15 is 0 Å². The first-order valence-electron chi connectivity index (χ1n) is 6.43. The lowest BCUT2D eigenvalue weighted by Gasteiger charge is -2.09. The Balaban J connectivity index is 2.21. The Labute approximate surface area is 113 Å². The van der Waals surface area contributed by atoms with E-state index in [2.05, 4.69) is 5.32 Å². The van der Waals surface area contributed by atoms with Gasteiger partial charge in [-0.2, -0.15) is 0 Å². The molecule has 0 saturated carbocycles. The summed E-state index contributed by atoms with van der Waals surface area (Å²) in [5.41, 5.74) is 2.47. The first-order chi connectivity index (χ1) is 9.31. The summed E-state index contributed by atoms with van der Waals surface area (Å²) >= 11 is 0. The molecule has 96 valence electrons. The highest BCUT2D eigenvalue weighted by Crippen LogP contribution is 2.17. The molecular weight excluding hydrogens is 234 g/mol. The van der Waals surface area contributed by atoms with E-state index in [0.717, 1.165) is 17.7 Å².